The van der Waals surface area contributed by atoms with Crippen LogP contribution < -0.4 is 4.74 Å². The molecule has 0 heterocycles. The predicted octanol–water partition coefficient (Wildman–Crippen LogP) is 3.68. The van der Waals surface area contributed by atoms with Crippen LogP contribution in [0.2, 0.25) is 0 Å². The predicted molar refractivity (Wildman–Crippen MR) is 67.8 cm³/mol. The van der Waals surface area contributed by atoms with Gasteiger partial charge in [0.2, 0.25) is 0 Å². The van der Waals surface area contributed by atoms with Crippen LogP contribution in [0.3, 0.4) is 0 Å². The van der Waals surface area contributed by atoms with Crippen LogP contribution in [0.15, 0.2) is 36.4 Å². The number of nitrogens with zero attached hydrogens (tertiary/aromatic N) is 1. The van der Waals surface area contributed by atoms with E-state index in [2.05, 4.69) is 6.07 Å². The van der Waals surface area contributed by atoms with E-state index in [-0.39, 0.29) is 5.82 Å². The molecule has 0 saturated heterocycles. The normalized spacial score (nSPS) is 9.89. The van der Waals surface area contributed by atoms with Gasteiger partial charge in [0.1, 0.15) is 11.6 Å². The minimum Gasteiger partial charge on any atom is -0.496 e. The second-order valence-electron chi connectivity index (χ2n) is 3.96. The van der Waals surface area contributed by atoms with Gasteiger partial charge in [0.05, 0.1) is 18.7 Å². The lowest BCUT2D eigenvalue weighted by Crippen LogP contribution is -1.93. The van der Waals surface area contributed by atoms with Gasteiger partial charge in [0, 0.05) is 11.1 Å². The van der Waals surface area contributed by atoms with Crippen molar-refractivity contribution in [3.63, 3.8) is 0 Å². The molecule has 0 atom stereocenters. The van der Waals surface area contributed by atoms with Crippen molar-refractivity contribution in [3.8, 4) is 22.9 Å². The molecule has 0 amide bonds. The summed E-state index contributed by atoms with van der Waals surface area (Å²) in [6.07, 6.45) is 0. The van der Waals surface area contributed by atoms with Crippen LogP contribution in [-0.4, -0.2) is 7.11 Å². The third kappa shape index (κ3) is 2.05. The summed E-state index contributed by atoms with van der Waals surface area (Å²) < 4.78 is 18.9. The van der Waals surface area contributed by atoms with Gasteiger partial charge in [-0.2, -0.15) is 5.26 Å². The average molecular weight is 241 g/mol. The van der Waals surface area contributed by atoms with Gasteiger partial charge >= 0.3 is 0 Å². The molecular formula is C15H12FNO. The molecular weight excluding hydrogens is 229 g/mol. The van der Waals surface area contributed by atoms with Crippen LogP contribution >= 0.6 is 0 Å². The Morgan fingerprint density at radius 3 is 2.56 bits per heavy atom. The summed E-state index contributed by atoms with van der Waals surface area (Å²) in [5.74, 6) is 0.298. The zero-order valence-corrected chi connectivity index (χ0v) is 10.2. The highest BCUT2D eigenvalue weighted by Crippen LogP contribution is 2.33. The van der Waals surface area contributed by atoms with Crippen molar-refractivity contribution in [3.05, 3.63) is 53.3 Å². The lowest BCUT2D eigenvalue weighted by Gasteiger charge is -2.10. The van der Waals surface area contributed by atoms with Crippen molar-refractivity contribution in [2.75, 3.05) is 7.11 Å². The van der Waals surface area contributed by atoms with E-state index in [1.165, 1.54) is 6.07 Å². The van der Waals surface area contributed by atoms with Crippen molar-refractivity contribution in [2.45, 2.75) is 6.92 Å². The number of rotatable bonds is 2. The Morgan fingerprint density at radius 1 is 1.17 bits per heavy atom. The summed E-state index contributed by atoms with van der Waals surface area (Å²) in [5.41, 5.74) is 2.18. The largest absolute Gasteiger partial charge is 0.496 e. The number of hydrogen-bond acceptors (Lipinski definition) is 2. The number of aryl methyl sites for hydroxylation is 1. The molecule has 2 aromatic carbocycles. The quantitative estimate of drug-likeness (QED) is 0.803. The molecule has 90 valence electrons. The number of hydrogen-bond donors (Lipinski definition) is 0. The molecule has 0 fully saturated rings. The first kappa shape index (κ1) is 12.1. The maximum Gasteiger partial charge on any atom is 0.126 e. The molecule has 0 aliphatic heterocycles. The molecule has 0 aromatic heterocycles. The van der Waals surface area contributed by atoms with Gasteiger partial charge < -0.3 is 4.74 Å². The van der Waals surface area contributed by atoms with Crippen molar-refractivity contribution in [2.24, 2.45) is 0 Å². The Labute approximate surface area is 105 Å². The smallest absolute Gasteiger partial charge is 0.126 e. The Bertz CT molecular complexity index is 629. The Kier molecular flexibility index (Phi) is 3.29. The highest BCUT2D eigenvalue weighted by atomic mass is 19.1. The minimum absolute atomic E-state index is 0.324. The Morgan fingerprint density at radius 2 is 1.89 bits per heavy atom. The van der Waals surface area contributed by atoms with Gasteiger partial charge in [-0.15, -0.1) is 0 Å². The highest BCUT2D eigenvalue weighted by molar-refractivity contribution is 5.76. The first-order chi connectivity index (χ1) is 8.67. The van der Waals surface area contributed by atoms with E-state index in [1.807, 2.05) is 18.2 Å². The molecule has 3 heteroatoms. The van der Waals surface area contributed by atoms with Crippen molar-refractivity contribution >= 4 is 0 Å². The van der Waals surface area contributed by atoms with Crippen LogP contribution in [0.25, 0.3) is 11.1 Å². The number of benzene rings is 2. The molecule has 18 heavy (non-hydrogen) atoms. The molecule has 0 radical (unpaired) electrons. The summed E-state index contributed by atoms with van der Waals surface area (Å²) in [4.78, 5) is 0. The van der Waals surface area contributed by atoms with Gasteiger partial charge in [-0.3, -0.25) is 0 Å². The van der Waals surface area contributed by atoms with Crippen molar-refractivity contribution in [1.82, 2.24) is 0 Å². The number of halogens is 1. The summed E-state index contributed by atoms with van der Waals surface area (Å²) in [5, 5.41) is 9.15. The summed E-state index contributed by atoms with van der Waals surface area (Å²) in [6, 6.07) is 12.3. The Hall–Kier alpha value is -2.34. The van der Waals surface area contributed by atoms with Gasteiger partial charge in [0.15, 0.2) is 0 Å². The van der Waals surface area contributed by atoms with Gasteiger partial charge in [-0.1, -0.05) is 18.2 Å². The zero-order chi connectivity index (χ0) is 13.1. The van der Waals surface area contributed by atoms with Crippen LogP contribution in [0.5, 0.6) is 5.75 Å². The maximum absolute atomic E-state index is 13.7. The molecule has 0 bridgehead atoms. The standard InChI is InChI=1S/C15H12FNO/c1-10-7-11(9-17)13(8-14(10)16)12-5-3-4-6-15(12)18-2/h3-8H,1-2H3. The minimum atomic E-state index is -0.324. The van der Waals surface area contributed by atoms with Crippen LogP contribution in [0.1, 0.15) is 11.1 Å². The molecule has 0 aliphatic carbocycles. The van der Waals surface area contributed by atoms with E-state index < -0.39 is 0 Å². The third-order valence-corrected chi connectivity index (χ3v) is 2.82. The molecule has 2 nitrogen and oxygen atoms in total. The summed E-state index contributed by atoms with van der Waals surface area (Å²) in [6.45, 7) is 1.64. The van der Waals surface area contributed by atoms with Gasteiger partial charge in [-0.25, -0.2) is 4.39 Å². The molecule has 0 N–H and O–H groups in total. The SMILES string of the molecule is COc1ccccc1-c1cc(F)c(C)cc1C#N. The molecule has 2 aromatic rings. The van der Waals surface area contributed by atoms with Crippen LogP contribution in [0.4, 0.5) is 4.39 Å². The number of nitriles is 1. The van der Waals surface area contributed by atoms with Crippen LogP contribution in [-0.2, 0) is 0 Å². The van der Waals surface area contributed by atoms with Crippen LogP contribution in [0, 0.1) is 24.1 Å². The van der Waals surface area contributed by atoms with E-state index in [1.54, 1.807) is 26.2 Å². The highest BCUT2D eigenvalue weighted by Gasteiger charge is 2.12. The first-order valence-corrected chi connectivity index (χ1v) is 5.51. The van der Waals surface area contributed by atoms with E-state index in [0.717, 1.165) is 5.56 Å². The molecule has 0 spiro atoms. The number of para-hydroxylation sites is 1. The van der Waals surface area contributed by atoms with E-state index in [0.29, 0.717) is 22.4 Å². The van der Waals surface area contributed by atoms with E-state index in [4.69, 9.17) is 10.00 Å². The second kappa shape index (κ2) is 4.89. The van der Waals surface area contributed by atoms with Crippen molar-refractivity contribution in [1.29, 1.82) is 5.26 Å². The monoisotopic (exact) mass is 241 g/mol. The molecule has 0 saturated carbocycles. The number of ether oxygens (including phenoxy) is 1. The first-order valence-electron chi connectivity index (χ1n) is 5.51. The average Bonchev–Trinajstić information content (AvgIpc) is 2.41. The fraction of sp³-hybridized carbons (Fsp3) is 0.133. The lowest BCUT2D eigenvalue weighted by atomic mass is 9.97. The molecule has 0 aliphatic rings. The summed E-state index contributed by atoms with van der Waals surface area (Å²) in [7, 11) is 1.55. The maximum atomic E-state index is 13.7. The second-order valence-corrected chi connectivity index (χ2v) is 3.96. The topological polar surface area (TPSA) is 33.0 Å². The lowest BCUT2D eigenvalue weighted by molar-refractivity contribution is 0.416. The van der Waals surface area contributed by atoms with Gasteiger partial charge in [-0.05, 0) is 30.7 Å². The van der Waals surface area contributed by atoms with E-state index in [9.17, 15) is 4.39 Å². The summed E-state index contributed by atoms with van der Waals surface area (Å²) >= 11 is 0. The van der Waals surface area contributed by atoms with E-state index >= 15 is 0 Å². The fourth-order valence-corrected chi connectivity index (χ4v) is 1.86. The zero-order valence-electron chi connectivity index (χ0n) is 10.2. The molecule has 0 unspecified atom stereocenters. The van der Waals surface area contributed by atoms with Crippen molar-refractivity contribution < 1.29 is 9.13 Å². The Balaban J connectivity index is 2.71. The fourth-order valence-electron chi connectivity index (χ4n) is 1.86. The molecule has 2 rings (SSSR count). The number of methoxy groups -OCH3 is 1. The third-order valence-electron chi connectivity index (χ3n) is 2.82. The van der Waals surface area contributed by atoms with Gasteiger partial charge in [0.25, 0.3) is 0 Å².